The summed E-state index contributed by atoms with van der Waals surface area (Å²) in [7, 11) is 2.15. The number of nitrogens with zero attached hydrogens (tertiary/aromatic N) is 3. The molecule has 0 amide bonds. The Hall–Kier alpha value is -1.88. The fourth-order valence-electron chi connectivity index (χ4n) is 2.55. The highest BCUT2D eigenvalue weighted by Crippen LogP contribution is 2.29. The highest BCUT2D eigenvalue weighted by atomic mass is 16.5. The Morgan fingerprint density at radius 1 is 1.37 bits per heavy atom. The Morgan fingerprint density at radius 2 is 2.26 bits per heavy atom. The number of aryl methyl sites for hydroxylation is 1. The fourth-order valence-corrected chi connectivity index (χ4v) is 2.55. The second-order valence-corrected chi connectivity index (χ2v) is 5.03. The maximum Gasteiger partial charge on any atom is 0.175 e. The van der Waals surface area contributed by atoms with Gasteiger partial charge in [0.25, 0.3) is 0 Å². The van der Waals surface area contributed by atoms with E-state index in [1.165, 1.54) is 12.8 Å². The van der Waals surface area contributed by atoms with Gasteiger partial charge in [-0.2, -0.15) is 0 Å². The number of anilines is 2. The Bertz CT molecular complexity index is 566. The largest absolute Gasteiger partial charge is 0.360 e. The minimum atomic E-state index is 0.431. The summed E-state index contributed by atoms with van der Waals surface area (Å²) < 4.78 is 5.04. The molecule has 1 unspecified atom stereocenters. The SMILES string of the molecule is Cc1cc(Nc2cccc(C3CCCN3C)n2)no1. The van der Waals surface area contributed by atoms with Crippen molar-refractivity contribution in [3.05, 3.63) is 35.7 Å². The third kappa shape index (κ3) is 2.61. The molecule has 0 aromatic carbocycles. The van der Waals surface area contributed by atoms with Crippen molar-refractivity contribution in [1.82, 2.24) is 15.0 Å². The minimum absolute atomic E-state index is 0.431. The van der Waals surface area contributed by atoms with Crippen molar-refractivity contribution in [2.75, 3.05) is 18.9 Å². The molecule has 0 saturated carbocycles. The van der Waals surface area contributed by atoms with Gasteiger partial charge in [0, 0.05) is 6.07 Å². The summed E-state index contributed by atoms with van der Waals surface area (Å²) in [5.41, 5.74) is 1.12. The fraction of sp³-hybridized carbons (Fsp3) is 0.429. The standard InChI is InChI=1S/C14H18N4O/c1-10-9-14(17-19-10)16-13-7-3-5-11(15-13)12-6-4-8-18(12)2/h3,5,7,9,12H,4,6,8H2,1-2H3,(H,15,16,17). The average Bonchev–Trinajstić information content (AvgIpc) is 2.99. The van der Waals surface area contributed by atoms with E-state index >= 15 is 0 Å². The van der Waals surface area contributed by atoms with E-state index in [0.29, 0.717) is 11.9 Å². The van der Waals surface area contributed by atoms with Crippen LogP contribution in [0.4, 0.5) is 11.6 Å². The number of hydrogen-bond donors (Lipinski definition) is 1. The van der Waals surface area contributed by atoms with Crippen LogP contribution in [-0.2, 0) is 0 Å². The van der Waals surface area contributed by atoms with Gasteiger partial charge in [-0.25, -0.2) is 4.98 Å². The van der Waals surface area contributed by atoms with E-state index in [9.17, 15) is 0 Å². The van der Waals surface area contributed by atoms with E-state index in [-0.39, 0.29) is 0 Å². The molecule has 100 valence electrons. The van der Waals surface area contributed by atoms with Crippen molar-refractivity contribution in [2.24, 2.45) is 0 Å². The molecule has 5 heteroatoms. The zero-order chi connectivity index (χ0) is 13.2. The van der Waals surface area contributed by atoms with Gasteiger partial charge in [0.15, 0.2) is 5.82 Å². The quantitative estimate of drug-likeness (QED) is 0.917. The van der Waals surface area contributed by atoms with E-state index in [4.69, 9.17) is 4.52 Å². The van der Waals surface area contributed by atoms with Gasteiger partial charge >= 0.3 is 0 Å². The predicted octanol–water partition coefficient (Wildman–Crippen LogP) is 2.89. The first-order valence-electron chi connectivity index (χ1n) is 6.60. The zero-order valence-electron chi connectivity index (χ0n) is 11.3. The molecule has 19 heavy (non-hydrogen) atoms. The topological polar surface area (TPSA) is 54.2 Å². The average molecular weight is 258 g/mol. The zero-order valence-corrected chi connectivity index (χ0v) is 11.3. The molecule has 0 bridgehead atoms. The molecule has 0 aliphatic carbocycles. The summed E-state index contributed by atoms with van der Waals surface area (Å²) in [5.74, 6) is 2.29. The number of likely N-dealkylation sites (tertiary alicyclic amines) is 1. The van der Waals surface area contributed by atoms with Crippen molar-refractivity contribution in [3.63, 3.8) is 0 Å². The summed E-state index contributed by atoms with van der Waals surface area (Å²) >= 11 is 0. The highest BCUT2D eigenvalue weighted by Gasteiger charge is 2.23. The van der Waals surface area contributed by atoms with Crippen LogP contribution in [0.3, 0.4) is 0 Å². The number of nitrogens with one attached hydrogen (secondary N) is 1. The number of aromatic nitrogens is 2. The lowest BCUT2D eigenvalue weighted by Crippen LogP contribution is -2.18. The van der Waals surface area contributed by atoms with Gasteiger partial charge in [-0.3, -0.25) is 4.90 Å². The van der Waals surface area contributed by atoms with Gasteiger partial charge < -0.3 is 9.84 Å². The summed E-state index contributed by atoms with van der Waals surface area (Å²) in [4.78, 5) is 7.03. The Kier molecular flexibility index (Phi) is 3.21. The molecule has 1 aliphatic rings. The Morgan fingerprint density at radius 3 is 2.95 bits per heavy atom. The minimum Gasteiger partial charge on any atom is -0.360 e. The first-order valence-corrected chi connectivity index (χ1v) is 6.60. The first-order chi connectivity index (χ1) is 9.22. The van der Waals surface area contributed by atoms with Crippen LogP contribution in [0.25, 0.3) is 0 Å². The molecule has 1 atom stereocenters. The van der Waals surface area contributed by atoms with Crippen LogP contribution < -0.4 is 5.32 Å². The monoisotopic (exact) mass is 258 g/mol. The lowest BCUT2D eigenvalue weighted by Gasteiger charge is -2.19. The first kappa shape index (κ1) is 12.2. The van der Waals surface area contributed by atoms with Gasteiger partial charge in [-0.05, 0) is 45.5 Å². The Labute approximate surface area is 112 Å². The maximum atomic E-state index is 5.04. The number of rotatable bonds is 3. The van der Waals surface area contributed by atoms with Gasteiger partial charge in [-0.1, -0.05) is 11.2 Å². The lowest BCUT2D eigenvalue weighted by molar-refractivity contribution is 0.312. The second-order valence-electron chi connectivity index (χ2n) is 5.03. The normalized spacial score (nSPS) is 19.8. The van der Waals surface area contributed by atoms with Crippen LogP contribution in [0.1, 0.15) is 30.3 Å². The smallest absolute Gasteiger partial charge is 0.175 e. The van der Waals surface area contributed by atoms with Gasteiger partial charge in [0.1, 0.15) is 11.6 Å². The van der Waals surface area contributed by atoms with E-state index in [1.807, 2.05) is 25.1 Å². The second kappa shape index (κ2) is 5.01. The molecule has 1 N–H and O–H groups in total. The summed E-state index contributed by atoms with van der Waals surface area (Å²) in [6.07, 6.45) is 2.42. The maximum absolute atomic E-state index is 5.04. The molecular weight excluding hydrogens is 240 g/mol. The van der Waals surface area contributed by atoms with Crippen LogP contribution in [0.5, 0.6) is 0 Å². The van der Waals surface area contributed by atoms with Crippen LogP contribution >= 0.6 is 0 Å². The Balaban J connectivity index is 1.79. The van der Waals surface area contributed by atoms with Crippen molar-refractivity contribution < 1.29 is 4.52 Å². The highest BCUT2D eigenvalue weighted by molar-refractivity contribution is 5.51. The molecular formula is C14H18N4O. The lowest BCUT2D eigenvalue weighted by atomic mass is 10.1. The number of pyridine rings is 1. The van der Waals surface area contributed by atoms with Crippen molar-refractivity contribution >= 4 is 11.6 Å². The molecule has 0 spiro atoms. The van der Waals surface area contributed by atoms with Crippen molar-refractivity contribution in [2.45, 2.75) is 25.8 Å². The molecule has 1 aliphatic heterocycles. The molecule has 0 radical (unpaired) electrons. The molecule has 5 nitrogen and oxygen atoms in total. The van der Waals surface area contributed by atoms with E-state index < -0.39 is 0 Å². The molecule has 2 aromatic rings. The van der Waals surface area contributed by atoms with E-state index in [1.54, 1.807) is 0 Å². The van der Waals surface area contributed by atoms with Gasteiger partial charge in [0.2, 0.25) is 0 Å². The predicted molar refractivity (Wildman–Crippen MR) is 73.4 cm³/mol. The van der Waals surface area contributed by atoms with Crippen LogP contribution in [0, 0.1) is 6.92 Å². The van der Waals surface area contributed by atoms with Crippen LogP contribution in [0.15, 0.2) is 28.8 Å². The van der Waals surface area contributed by atoms with Crippen LogP contribution in [0.2, 0.25) is 0 Å². The summed E-state index contributed by atoms with van der Waals surface area (Å²) in [6, 6.07) is 8.36. The summed E-state index contributed by atoms with van der Waals surface area (Å²) in [5, 5.41) is 7.09. The van der Waals surface area contributed by atoms with Crippen LogP contribution in [-0.4, -0.2) is 28.6 Å². The molecule has 1 saturated heterocycles. The molecule has 2 aromatic heterocycles. The third-order valence-corrected chi connectivity index (χ3v) is 3.52. The van der Waals surface area contributed by atoms with Crippen molar-refractivity contribution in [3.8, 4) is 0 Å². The molecule has 3 heterocycles. The van der Waals surface area contributed by atoms with E-state index in [2.05, 4.69) is 33.5 Å². The number of hydrogen-bond acceptors (Lipinski definition) is 5. The van der Waals surface area contributed by atoms with E-state index in [0.717, 1.165) is 23.8 Å². The molecule has 1 fully saturated rings. The van der Waals surface area contributed by atoms with Crippen molar-refractivity contribution in [1.29, 1.82) is 0 Å². The third-order valence-electron chi connectivity index (χ3n) is 3.52. The van der Waals surface area contributed by atoms with Gasteiger partial charge in [-0.15, -0.1) is 0 Å². The summed E-state index contributed by atoms with van der Waals surface area (Å²) in [6.45, 7) is 3.02. The van der Waals surface area contributed by atoms with Gasteiger partial charge in [0.05, 0.1) is 11.7 Å². The molecule has 3 rings (SSSR count).